The summed E-state index contributed by atoms with van der Waals surface area (Å²) in [6.45, 7) is 0. The van der Waals surface area contributed by atoms with E-state index in [-0.39, 0.29) is 15.7 Å². The van der Waals surface area contributed by atoms with Crippen LogP contribution in [0.15, 0.2) is 47.4 Å². The van der Waals surface area contributed by atoms with Crippen LogP contribution in [0, 0.1) is 0 Å². The van der Waals surface area contributed by atoms with E-state index in [1.165, 1.54) is 20.2 Å². The van der Waals surface area contributed by atoms with Crippen LogP contribution in [0.3, 0.4) is 0 Å². The summed E-state index contributed by atoms with van der Waals surface area (Å²) in [6.07, 6.45) is 0. The molecule has 0 saturated carbocycles. The van der Waals surface area contributed by atoms with E-state index in [2.05, 4.69) is 0 Å². The molecule has 0 aliphatic heterocycles. The first-order chi connectivity index (χ1) is 9.32. The molecule has 4 nitrogen and oxygen atoms in total. The number of hydrogen-bond donors (Lipinski definition) is 1. The Morgan fingerprint density at radius 3 is 2.30 bits per heavy atom. The lowest BCUT2D eigenvalue weighted by molar-refractivity contribution is 0.475. The van der Waals surface area contributed by atoms with E-state index in [4.69, 9.17) is 11.6 Å². The molecule has 2 aromatic carbocycles. The number of sulfonamides is 1. The Kier molecular flexibility index (Phi) is 4.04. The van der Waals surface area contributed by atoms with Crippen molar-refractivity contribution in [3.05, 3.63) is 47.5 Å². The summed E-state index contributed by atoms with van der Waals surface area (Å²) in [5.41, 5.74) is 1.46. The van der Waals surface area contributed by atoms with E-state index in [9.17, 15) is 13.5 Å². The van der Waals surface area contributed by atoms with Gasteiger partial charge in [0, 0.05) is 14.1 Å². The second kappa shape index (κ2) is 5.44. The third kappa shape index (κ3) is 2.80. The molecule has 0 aromatic heterocycles. The molecule has 20 heavy (non-hydrogen) atoms. The molecule has 106 valence electrons. The first-order valence-electron chi connectivity index (χ1n) is 5.84. The molecule has 2 aromatic rings. The van der Waals surface area contributed by atoms with Crippen LogP contribution in [0.4, 0.5) is 0 Å². The van der Waals surface area contributed by atoms with Crippen LogP contribution in [0.25, 0.3) is 11.1 Å². The van der Waals surface area contributed by atoms with Crippen molar-refractivity contribution in [2.75, 3.05) is 14.1 Å². The van der Waals surface area contributed by atoms with Gasteiger partial charge in [-0.25, -0.2) is 12.7 Å². The maximum atomic E-state index is 12.1. The minimum Gasteiger partial charge on any atom is -0.506 e. The van der Waals surface area contributed by atoms with E-state index in [0.29, 0.717) is 0 Å². The average Bonchev–Trinajstić information content (AvgIpc) is 2.42. The molecule has 1 N–H and O–H groups in total. The lowest BCUT2D eigenvalue weighted by Gasteiger charge is -2.12. The van der Waals surface area contributed by atoms with Crippen molar-refractivity contribution < 1.29 is 13.5 Å². The van der Waals surface area contributed by atoms with Crippen molar-refractivity contribution in [1.29, 1.82) is 0 Å². The third-order valence-corrected chi connectivity index (χ3v) is 5.01. The van der Waals surface area contributed by atoms with Crippen molar-refractivity contribution >= 4 is 21.6 Å². The van der Waals surface area contributed by atoms with Crippen molar-refractivity contribution in [2.45, 2.75) is 4.90 Å². The zero-order chi connectivity index (χ0) is 14.9. The van der Waals surface area contributed by atoms with Crippen molar-refractivity contribution in [1.82, 2.24) is 4.31 Å². The van der Waals surface area contributed by atoms with Crippen LogP contribution in [0.1, 0.15) is 0 Å². The Bertz CT molecular complexity index is 742. The Balaban J connectivity index is 2.52. The Hall–Kier alpha value is -1.56. The number of benzene rings is 2. The Labute approximate surface area is 123 Å². The predicted octanol–water partition coefficient (Wildman–Crippen LogP) is 2.96. The normalized spacial score (nSPS) is 11.8. The van der Waals surface area contributed by atoms with Gasteiger partial charge in [0.25, 0.3) is 0 Å². The molecule has 0 aliphatic rings. The van der Waals surface area contributed by atoms with Crippen LogP contribution < -0.4 is 0 Å². The van der Waals surface area contributed by atoms with Crippen molar-refractivity contribution in [3.8, 4) is 16.9 Å². The van der Waals surface area contributed by atoms with Gasteiger partial charge in [-0.3, -0.25) is 0 Å². The fraction of sp³-hybridized carbons (Fsp3) is 0.143. The third-order valence-electron chi connectivity index (χ3n) is 2.89. The molecule has 0 bridgehead atoms. The molecular formula is C14H14ClNO3S. The van der Waals surface area contributed by atoms with E-state index < -0.39 is 10.0 Å². The maximum absolute atomic E-state index is 12.1. The minimum atomic E-state index is -3.47. The van der Waals surface area contributed by atoms with Gasteiger partial charge >= 0.3 is 0 Å². The molecule has 6 heteroatoms. The van der Waals surface area contributed by atoms with E-state index in [1.807, 2.05) is 0 Å². The van der Waals surface area contributed by atoms with E-state index >= 15 is 0 Å². The highest BCUT2D eigenvalue weighted by molar-refractivity contribution is 7.89. The number of rotatable bonds is 3. The van der Waals surface area contributed by atoms with Crippen LogP contribution in [0.5, 0.6) is 5.75 Å². The molecule has 0 radical (unpaired) electrons. The molecule has 0 amide bonds. The summed E-state index contributed by atoms with van der Waals surface area (Å²) in [7, 11) is -0.504. The van der Waals surface area contributed by atoms with Crippen molar-refractivity contribution in [3.63, 3.8) is 0 Å². The van der Waals surface area contributed by atoms with Gasteiger partial charge in [-0.2, -0.15) is 0 Å². The smallest absolute Gasteiger partial charge is 0.242 e. The summed E-state index contributed by atoms with van der Waals surface area (Å²) < 4.78 is 25.4. The fourth-order valence-corrected chi connectivity index (χ4v) is 2.86. The van der Waals surface area contributed by atoms with Gasteiger partial charge in [-0.05, 0) is 35.4 Å². The summed E-state index contributed by atoms with van der Waals surface area (Å²) in [4.78, 5) is 0.212. The number of hydrogen-bond acceptors (Lipinski definition) is 3. The number of halogens is 1. The summed E-state index contributed by atoms with van der Waals surface area (Å²) >= 11 is 5.87. The molecule has 0 saturated heterocycles. The largest absolute Gasteiger partial charge is 0.506 e. The monoisotopic (exact) mass is 311 g/mol. The molecule has 0 spiro atoms. The lowest BCUT2D eigenvalue weighted by Crippen LogP contribution is -2.22. The Morgan fingerprint density at radius 1 is 1.05 bits per heavy atom. The molecule has 0 atom stereocenters. The quantitative estimate of drug-likeness (QED) is 0.948. The maximum Gasteiger partial charge on any atom is 0.242 e. The van der Waals surface area contributed by atoms with Gasteiger partial charge in [0.15, 0.2) is 0 Å². The molecular weight excluding hydrogens is 298 g/mol. The molecule has 2 rings (SSSR count). The lowest BCUT2D eigenvalue weighted by atomic mass is 10.1. The minimum absolute atomic E-state index is 0.00696. The predicted molar refractivity (Wildman–Crippen MR) is 79.4 cm³/mol. The summed E-state index contributed by atoms with van der Waals surface area (Å²) in [5.74, 6) is -0.00696. The van der Waals surface area contributed by atoms with Gasteiger partial charge in [0.2, 0.25) is 10.0 Å². The number of phenolic OH excluding ortho intramolecular Hbond substituents is 1. The first-order valence-corrected chi connectivity index (χ1v) is 7.65. The first kappa shape index (κ1) is 14.8. The number of aromatic hydroxyl groups is 1. The van der Waals surface area contributed by atoms with E-state index in [1.54, 1.807) is 36.4 Å². The number of phenols is 1. The van der Waals surface area contributed by atoms with Crippen LogP contribution in [-0.2, 0) is 10.0 Å². The molecule has 0 aliphatic carbocycles. The number of nitrogens with zero attached hydrogens (tertiary/aromatic N) is 1. The van der Waals surface area contributed by atoms with Crippen LogP contribution in [0.2, 0.25) is 5.02 Å². The van der Waals surface area contributed by atoms with Crippen LogP contribution >= 0.6 is 11.6 Å². The van der Waals surface area contributed by atoms with Gasteiger partial charge in [0.1, 0.15) is 5.75 Å². The second-order valence-corrected chi connectivity index (χ2v) is 7.04. The summed E-state index contributed by atoms with van der Waals surface area (Å²) in [6, 6.07) is 11.3. The molecule has 0 unspecified atom stereocenters. The topological polar surface area (TPSA) is 57.6 Å². The highest BCUT2D eigenvalue weighted by atomic mass is 35.5. The van der Waals surface area contributed by atoms with Gasteiger partial charge in [-0.15, -0.1) is 0 Å². The zero-order valence-electron chi connectivity index (χ0n) is 11.0. The van der Waals surface area contributed by atoms with Crippen molar-refractivity contribution in [2.24, 2.45) is 0 Å². The molecule has 0 heterocycles. The SMILES string of the molecule is CN(C)S(=O)(=O)c1cccc(-c2ccc(O)c(Cl)c2)c1. The van der Waals surface area contributed by atoms with Gasteiger partial charge < -0.3 is 5.11 Å². The standard InChI is InChI=1S/C14H14ClNO3S/c1-16(2)20(18,19)12-5-3-4-10(8-12)11-6-7-14(17)13(15)9-11/h3-9,17H,1-2H3. The zero-order valence-corrected chi connectivity index (χ0v) is 12.6. The van der Waals surface area contributed by atoms with Gasteiger partial charge in [0.05, 0.1) is 9.92 Å². The summed E-state index contributed by atoms with van der Waals surface area (Å²) in [5, 5.41) is 9.64. The highest BCUT2D eigenvalue weighted by Crippen LogP contribution is 2.30. The van der Waals surface area contributed by atoms with Gasteiger partial charge in [-0.1, -0.05) is 29.8 Å². The highest BCUT2D eigenvalue weighted by Gasteiger charge is 2.17. The fourth-order valence-electron chi connectivity index (χ4n) is 1.73. The Morgan fingerprint density at radius 2 is 1.70 bits per heavy atom. The molecule has 0 fully saturated rings. The second-order valence-electron chi connectivity index (χ2n) is 4.48. The van der Waals surface area contributed by atoms with Crippen LogP contribution in [-0.4, -0.2) is 31.9 Å². The average molecular weight is 312 g/mol. The van der Waals surface area contributed by atoms with E-state index in [0.717, 1.165) is 15.4 Å².